The largest absolute Gasteiger partial charge is 0.281 e. The van der Waals surface area contributed by atoms with Gasteiger partial charge in [0.2, 0.25) is 0 Å². The van der Waals surface area contributed by atoms with Gasteiger partial charge in [0.1, 0.15) is 0 Å². The van der Waals surface area contributed by atoms with Crippen LogP contribution >= 0.6 is 23.2 Å². The van der Waals surface area contributed by atoms with Crippen LogP contribution in [0.4, 0.5) is 5.82 Å². The maximum atomic E-state index is 12.0. The minimum Gasteiger partial charge on any atom is -0.281 e. The average Bonchev–Trinajstić information content (AvgIpc) is 2.61. The van der Waals surface area contributed by atoms with Gasteiger partial charge in [-0.1, -0.05) is 23.2 Å². The highest BCUT2D eigenvalue weighted by Gasteiger charge is 2.16. The third-order valence-corrected chi connectivity index (χ3v) is 3.86. The van der Waals surface area contributed by atoms with Crippen LogP contribution in [0.15, 0.2) is 29.2 Å². The molecule has 18 heavy (non-hydrogen) atoms. The normalized spacial score (nSPS) is 11.5. The third-order valence-electron chi connectivity index (χ3n) is 2.09. The lowest BCUT2D eigenvalue weighted by atomic mass is 10.4. The molecule has 96 valence electrons. The molecule has 0 radical (unpaired) electrons. The molecule has 2 rings (SSSR count). The lowest BCUT2D eigenvalue weighted by molar-refractivity contribution is 0.601. The monoisotopic (exact) mass is 305 g/mol. The van der Waals surface area contributed by atoms with E-state index in [0.29, 0.717) is 0 Å². The SMILES string of the molecule is Cc1cc(NS(=O)(=O)c2cc(Cl)cc(Cl)c2)n[nH]1. The van der Waals surface area contributed by atoms with Crippen molar-refractivity contribution < 1.29 is 8.42 Å². The van der Waals surface area contributed by atoms with Crippen LogP contribution < -0.4 is 4.72 Å². The summed E-state index contributed by atoms with van der Waals surface area (Å²) in [4.78, 5) is -0.0133. The number of nitrogens with one attached hydrogen (secondary N) is 2. The van der Waals surface area contributed by atoms with Crippen LogP contribution in [-0.4, -0.2) is 18.6 Å². The number of nitrogens with zero attached hydrogens (tertiary/aromatic N) is 1. The highest BCUT2D eigenvalue weighted by Crippen LogP contribution is 2.23. The van der Waals surface area contributed by atoms with Crippen molar-refractivity contribution in [2.24, 2.45) is 0 Å². The topological polar surface area (TPSA) is 74.8 Å². The minimum atomic E-state index is -3.75. The number of halogens is 2. The van der Waals surface area contributed by atoms with Gasteiger partial charge in [0.05, 0.1) is 4.90 Å². The molecule has 5 nitrogen and oxygen atoms in total. The Labute approximate surface area is 114 Å². The van der Waals surface area contributed by atoms with Gasteiger partial charge in [-0.15, -0.1) is 0 Å². The summed E-state index contributed by atoms with van der Waals surface area (Å²) in [6.45, 7) is 1.76. The molecule has 1 aromatic heterocycles. The Morgan fingerprint density at radius 3 is 2.28 bits per heavy atom. The summed E-state index contributed by atoms with van der Waals surface area (Å²) < 4.78 is 26.4. The first-order valence-corrected chi connectivity index (χ1v) is 7.12. The fourth-order valence-electron chi connectivity index (χ4n) is 1.35. The molecular weight excluding hydrogens is 297 g/mol. The van der Waals surface area contributed by atoms with Crippen LogP contribution in [0.3, 0.4) is 0 Å². The lowest BCUT2D eigenvalue weighted by Gasteiger charge is -2.06. The van der Waals surface area contributed by atoms with Gasteiger partial charge in [0.15, 0.2) is 5.82 Å². The number of aromatic amines is 1. The summed E-state index contributed by atoms with van der Waals surface area (Å²) in [6, 6.07) is 5.66. The molecule has 0 atom stereocenters. The van der Waals surface area contributed by atoms with E-state index in [1.54, 1.807) is 13.0 Å². The zero-order chi connectivity index (χ0) is 13.3. The number of hydrogen-bond donors (Lipinski definition) is 2. The van der Waals surface area contributed by atoms with Gasteiger partial charge in [-0.05, 0) is 25.1 Å². The van der Waals surface area contributed by atoms with Crippen molar-refractivity contribution in [3.8, 4) is 0 Å². The van der Waals surface area contributed by atoms with E-state index in [1.807, 2.05) is 0 Å². The molecule has 0 saturated carbocycles. The second kappa shape index (κ2) is 4.79. The molecule has 2 aromatic rings. The molecule has 0 fully saturated rings. The highest BCUT2D eigenvalue weighted by molar-refractivity contribution is 7.92. The number of rotatable bonds is 3. The molecule has 0 unspecified atom stereocenters. The molecule has 0 bridgehead atoms. The van der Waals surface area contributed by atoms with Gasteiger partial charge in [0, 0.05) is 21.8 Å². The van der Waals surface area contributed by atoms with Crippen LogP contribution in [0.5, 0.6) is 0 Å². The Morgan fingerprint density at radius 2 is 1.78 bits per heavy atom. The van der Waals surface area contributed by atoms with Crippen molar-refractivity contribution in [1.82, 2.24) is 10.2 Å². The molecule has 1 aromatic carbocycles. The molecule has 0 aliphatic heterocycles. The van der Waals surface area contributed by atoms with E-state index in [4.69, 9.17) is 23.2 Å². The van der Waals surface area contributed by atoms with Gasteiger partial charge >= 0.3 is 0 Å². The molecular formula is C10H9Cl2N3O2S. The zero-order valence-electron chi connectivity index (χ0n) is 9.24. The zero-order valence-corrected chi connectivity index (χ0v) is 11.6. The van der Waals surface area contributed by atoms with Crippen LogP contribution in [0.25, 0.3) is 0 Å². The molecule has 0 spiro atoms. The van der Waals surface area contributed by atoms with Gasteiger partial charge in [0.25, 0.3) is 10.0 Å². The molecule has 8 heteroatoms. The minimum absolute atomic E-state index is 0.0133. The number of benzene rings is 1. The van der Waals surface area contributed by atoms with Crippen LogP contribution in [0.1, 0.15) is 5.69 Å². The summed E-state index contributed by atoms with van der Waals surface area (Å²) in [5.41, 5.74) is 0.747. The molecule has 0 aliphatic rings. The van der Waals surface area contributed by atoms with Crippen molar-refractivity contribution in [2.45, 2.75) is 11.8 Å². The Hall–Kier alpha value is -1.24. The van der Waals surface area contributed by atoms with Crippen LogP contribution in [-0.2, 0) is 10.0 Å². The van der Waals surface area contributed by atoms with E-state index in [0.717, 1.165) is 5.69 Å². The van der Waals surface area contributed by atoms with E-state index in [2.05, 4.69) is 14.9 Å². The van der Waals surface area contributed by atoms with E-state index in [1.165, 1.54) is 18.2 Å². The maximum Gasteiger partial charge on any atom is 0.263 e. The fourth-order valence-corrected chi connectivity index (χ4v) is 3.07. The number of sulfonamides is 1. The van der Waals surface area contributed by atoms with Gasteiger partial charge in [-0.25, -0.2) is 8.42 Å². The first kappa shape index (κ1) is 13.2. The molecule has 0 saturated heterocycles. The van der Waals surface area contributed by atoms with Crippen molar-refractivity contribution in [3.63, 3.8) is 0 Å². The molecule has 0 aliphatic carbocycles. The Balaban J connectivity index is 2.36. The number of H-pyrrole nitrogens is 1. The van der Waals surface area contributed by atoms with Crippen molar-refractivity contribution >= 4 is 39.0 Å². The van der Waals surface area contributed by atoms with Gasteiger partial charge < -0.3 is 0 Å². The summed E-state index contributed by atoms with van der Waals surface area (Å²) in [5.74, 6) is 0.212. The summed E-state index contributed by atoms with van der Waals surface area (Å²) in [5, 5.41) is 6.93. The number of aryl methyl sites for hydroxylation is 1. The number of anilines is 1. The van der Waals surface area contributed by atoms with Gasteiger partial charge in [-0.3, -0.25) is 9.82 Å². The molecule has 0 amide bonds. The molecule has 1 heterocycles. The Bertz CT molecular complexity index is 662. The van der Waals surface area contributed by atoms with Crippen molar-refractivity contribution in [3.05, 3.63) is 40.0 Å². The van der Waals surface area contributed by atoms with Crippen molar-refractivity contribution in [2.75, 3.05) is 4.72 Å². The average molecular weight is 306 g/mol. The second-order valence-corrected chi connectivity index (χ2v) is 6.20. The fraction of sp³-hybridized carbons (Fsp3) is 0.100. The predicted octanol–water partition coefficient (Wildman–Crippen LogP) is 2.83. The van der Waals surface area contributed by atoms with Gasteiger partial charge in [-0.2, -0.15) is 5.10 Å². The highest BCUT2D eigenvalue weighted by atomic mass is 35.5. The predicted molar refractivity (Wildman–Crippen MR) is 70.6 cm³/mol. The van der Waals surface area contributed by atoms with E-state index in [-0.39, 0.29) is 20.8 Å². The van der Waals surface area contributed by atoms with E-state index in [9.17, 15) is 8.42 Å². The lowest BCUT2D eigenvalue weighted by Crippen LogP contribution is -2.13. The first-order valence-electron chi connectivity index (χ1n) is 4.88. The smallest absolute Gasteiger partial charge is 0.263 e. The molecule has 2 N–H and O–H groups in total. The summed E-state index contributed by atoms with van der Waals surface area (Å²) in [6.07, 6.45) is 0. The van der Waals surface area contributed by atoms with Crippen LogP contribution in [0.2, 0.25) is 10.0 Å². The first-order chi connectivity index (χ1) is 8.37. The number of hydrogen-bond acceptors (Lipinski definition) is 3. The Kier molecular flexibility index (Phi) is 3.52. The second-order valence-electron chi connectivity index (χ2n) is 3.65. The quantitative estimate of drug-likeness (QED) is 0.915. The summed E-state index contributed by atoms with van der Waals surface area (Å²) in [7, 11) is -3.75. The Morgan fingerprint density at radius 1 is 1.17 bits per heavy atom. The van der Waals surface area contributed by atoms with E-state index < -0.39 is 10.0 Å². The standard InChI is InChI=1S/C10H9Cl2N3O2S/c1-6-2-10(14-13-6)15-18(16,17)9-4-7(11)3-8(12)5-9/h2-5H,1H3,(H2,13,14,15). The third kappa shape index (κ3) is 2.95. The van der Waals surface area contributed by atoms with Crippen LogP contribution in [0, 0.1) is 6.92 Å². The van der Waals surface area contributed by atoms with E-state index >= 15 is 0 Å². The van der Waals surface area contributed by atoms with Crippen molar-refractivity contribution in [1.29, 1.82) is 0 Å². The summed E-state index contributed by atoms with van der Waals surface area (Å²) >= 11 is 11.5. The number of aromatic nitrogens is 2. The maximum absolute atomic E-state index is 12.0.